The van der Waals surface area contributed by atoms with Gasteiger partial charge in [0, 0.05) is 19.0 Å². The molecule has 0 saturated heterocycles. The summed E-state index contributed by atoms with van der Waals surface area (Å²) in [6, 6.07) is 22.4. The summed E-state index contributed by atoms with van der Waals surface area (Å²) in [5.41, 5.74) is 3.00. The first-order chi connectivity index (χ1) is 18.7. The molecular formula is C32H39BrN2O4. The molecule has 0 saturated carbocycles. The molecule has 0 aliphatic rings. The molecule has 7 heteroatoms. The first-order valence-corrected chi connectivity index (χ1v) is 14.2. The van der Waals surface area contributed by atoms with E-state index in [2.05, 4.69) is 35.1 Å². The maximum Gasteiger partial charge on any atom is 0.261 e. The summed E-state index contributed by atoms with van der Waals surface area (Å²) in [4.78, 5) is 29.1. The van der Waals surface area contributed by atoms with Crippen LogP contribution in [0.15, 0.2) is 77.3 Å². The van der Waals surface area contributed by atoms with Gasteiger partial charge in [-0.3, -0.25) is 9.59 Å². The fraction of sp³-hybridized carbons (Fsp3) is 0.375. The lowest BCUT2D eigenvalue weighted by atomic mass is 10.0. The maximum absolute atomic E-state index is 13.8. The Kier molecular flexibility index (Phi) is 11.4. The van der Waals surface area contributed by atoms with Crippen LogP contribution in [-0.2, 0) is 22.6 Å². The third kappa shape index (κ3) is 8.85. The third-order valence-corrected chi connectivity index (χ3v) is 7.35. The lowest BCUT2D eigenvalue weighted by molar-refractivity contribution is -0.143. The zero-order valence-corrected chi connectivity index (χ0v) is 25.0. The lowest BCUT2D eigenvalue weighted by Crippen LogP contribution is -2.53. The van der Waals surface area contributed by atoms with Gasteiger partial charge in [0.1, 0.15) is 17.5 Å². The van der Waals surface area contributed by atoms with Crippen LogP contribution in [0.2, 0.25) is 0 Å². The van der Waals surface area contributed by atoms with Crippen molar-refractivity contribution in [1.82, 2.24) is 10.2 Å². The van der Waals surface area contributed by atoms with Gasteiger partial charge in [0.2, 0.25) is 5.91 Å². The van der Waals surface area contributed by atoms with Crippen molar-refractivity contribution >= 4 is 27.7 Å². The quantitative estimate of drug-likeness (QED) is 0.245. The Morgan fingerprint density at radius 2 is 1.67 bits per heavy atom. The van der Waals surface area contributed by atoms with Crippen molar-refractivity contribution in [2.75, 3.05) is 13.7 Å². The van der Waals surface area contributed by atoms with E-state index < -0.39 is 6.04 Å². The number of hydrogen-bond donors (Lipinski definition) is 1. The van der Waals surface area contributed by atoms with Crippen molar-refractivity contribution in [2.45, 2.75) is 65.1 Å². The average molecular weight is 596 g/mol. The Bertz CT molecular complexity index is 1230. The molecule has 3 aromatic rings. The number of benzene rings is 3. The Hall–Kier alpha value is -3.32. The molecule has 0 unspecified atom stereocenters. The van der Waals surface area contributed by atoms with Crippen LogP contribution in [0.3, 0.4) is 0 Å². The van der Waals surface area contributed by atoms with Gasteiger partial charge in [0.15, 0.2) is 6.61 Å². The second kappa shape index (κ2) is 14.7. The summed E-state index contributed by atoms with van der Waals surface area (Å²) < 4.78 is 12.2. The number of halogens is 1. The molecule has 208 valence electrons. The normalized spacial score (nSPS) is 12.5. The van der Waals surface area contributed by atoms with Crippen LogP contribution in [0.4, 0.5) is 0 Å². The van der Waals surface area contributed by atoms with Gasteiger partial charge >= 0.3 is 0 Å². The van der Waals surface area contributed by atoms with Gasteiger partial charge in [-0.2, -0.15) is 0 Å². The SMILES string of the molecule is CC[C@H](C)NC(=O)[C@@H](Cc1ccccc1)N(Cc1cccc(OC)c1)C(=O)COc1ccc(C(C)C)cc1Br. The lowest BCUT2D eigenvalue weighted by Gasteiger charge is -2.32. The number of nitrogens with zero attached hydrogens (tertiary/aromatic N) is 1. The minimum absolute atomic E-state index is 0.0174. The van der Waals surface area contributed by atoms with Gasteiger partial charge in [-0.25, -0.2) is 0 Å². The van der Waals surface area contributed by atoms with Crippen LogP contribution in [-0.4, -0.2) is 42.5 Å². The summed E-state index contributed by atoms with van der Waals surface area (Å²) >= 11 is 3.58. The van der Waals surface area contributed by atoms with Crippen molar-refractivity contribution in [3.8, 4) is 11.5 Å². The molecule has 0 fully saturated rings. The number of rotatable bonds is 13. The summed E-state index contributed by atoms with van der Waals surface area (Å²) in [5, 5.41) is 3.09. The Morgan fingerprint density at radius 3 is 2.31 bits per heavy atom. The molecule has 39 heavy (non-hydrogen) atoms. The number of ether oxygens (including phenoxy) is 2. The van der Waals surface area contributed by atoms with Crippen LogP contribution in [0.5, 0.6) is 11.5 Å². The number of carbonyl (C=O) groups is 2. The minimum atomic E-state index is -0.726. The van der Waals surface area contributed by atoms with Crippen LogP contribution in [0, 0.1) is 0 Å². The van der Waals surface area contributed by atoms with E-state index in [1.54, 1.807) is 12.0 Å². The fourth-order valence-electron chi connectivity index (χ4n) is 4.18. The van der Waals surface area contributed by atoms with Crippen molar-refractivity contribution in [3.05, 3.63) is 94.0 Å². The van der Waals surface area contributed by atoms with Gasteiger partial charge in [0.05, 0.1) is 11.6 Å². The van der Waals surface area contributed by atoms with E-state index in [1.807, 2.05) is 86.6 Å². The maximum atomic E-state index is 13.8. The highest BCUT2D eigenvalue weighted by Gasteiger charge is 2.31. The molecule has 2 amide bonds. The van der Waals surface area contributed by atoms with Gasteiger partial charge in [-0.15, -0.1) is 0 Å². The van der Waals surface area contributed by atoms with E-state index in [1.165, 1.54) is 5.56 Å². The largest absolute Gasteiger partial charge is 0.497 e. The van der Waals surface area contributed by atoms with E-state index in [4.69, 9.17) is 9.47 Å². The summed E-state index contributed by atoms with van der Waals surface area (Å²) in [7, 11) is 1.61. The van der Waals surface area contributed by atoms with Crippen LogP contribution in [0.25, 0.3) is 0 Å². The van der Waals surface area contributed by atoms with Gasteiger partial charge in [0.25, 0.3) is 5.91 Å². The number of carbonyl (C=O) groups excluding carboxylic acids is 2. The highest BCUT2D eigenvalue weighted by Crippen LogP contribution is 2.29. The van der Waals surface area contributed by atoms with E-state index in [0.717, 1.165) is 22.0 Å². The smallest absolute Gasteiger partial charge is 0.261 e. The second-order valence-electron chi connectivity index (χ2n) is 10.0. The molecule has 6 nitrogen and oxygen atoms in total. The predicted octanol–water partition coefficient (Wildman–Crippen LogP) is 6.51. The molecule has 0 radical (unpaired) electrons. The van der Waals surface area contributed by atoms with Gasteiger partial charge < -0.3 is 19.7 Å². The van der Waals surface area contributed by atoms with Crippen LogP contribution < -0.4 is 14.8 Å². The average Bonchev–Trinajstić information content (AvgIpc) is 2.94. The van der Waals surface area contributed by atoms with Crippen molar-refractivity contribution < 1.29 is 19.1 Å². The molecule has 0 aliphatic heterocycles. The molecule has 1 N–H and O–H groups in total. The molecule has 2 atom stereocenters. The summed E-state index contributed by atoms with van der Waals surface area (Å²) in [6.45, 7) is 8.27. The number of methoxy groups -OCH3 is 1. The van der Waals surface area contributed by atoms with Crippen molar-refractivity contribution in [1.29, 1.82) is 0 Å². The first kappa shape index (κ1) is 30.2. The van der Waals surface area contributed by atoms with Gasteiger partial charge in [-0.1, -0.05) is 69.3 Å². The van der Waals surface area contributed by atoms with E-state index in [9.17, 15) is 9.59 Å². The highest BCUT2D eigenvalue weighted by atomic mass is 79.9. The summed E-state index contributed by atoms with van der Waals surface area (Å²) in [6.07, 6.45) is 1.17. The zero-order valence-electron chi connectivity index (χ0n) is 23.4. The highest BCUT2D eigenvalue weighted by molar-refractivity contribution is 9.10. The van der Waals surface area contributed by atoms with Crippen molar-refractivity contribution in [3.63, 3.8) is 0 Å². The van der Waals surface area contributed by atoms with Crippen LogP contribution in [0.1, 0.15) is 56.7 Å². The number of hydrogen-bond acceptors (Lipinski definition) is 4. The standard InChI is InChI=1S/C32H39BrN2O4/c1-6-23(4)34-32(37)29(18-24-11-8-7-9-12-24)35(20-25-13-10-14-27(17-25)38-5)31(36)21-39-30-16-15-26(22(2)3)19-28(30)33/h7-17,19,22-23,29H,6,18,20-21H2,1-5H3,(H,34,37)/t23-,29+/m0/s1. The summed E-state index contributed by atoms with van der Waals surface area (Å²) in [5.74, 6) is 1.18. The molecule has 0 spiro atoms. The molecule has 3 rings (SSSR count). The van der Waals surface area contributed by atoms with Gasteiger partial charge in [-0.05, 0) is 76.1 Å². The minimum Gasteiger partial charge on any atom is -0.497 e. The zero-order chi connectivity index (χ0) is 28.4. The monoisotopic (exact) mass is 594 g/mol. The molecular weight excluding hydrogens is 556 g/mol. The number of amides is 2. The molecule has 0 heterocycles. The first-order valence-electron chi connectivity index (χ1n) is 13.4. The molecule has 3 aromatic carbocycles. The van der Waals surface area contributed by atoms with E-state index in [-0.39, 0.29) is 31.0 Å². The second-order valence-corrected chi connectivity index (χ2v) is 10.9. The Labute approximate surface area is 240 Å². The van der Waals surface area contributed by atoms with E-state index in [0.29, 0.717) is 23.8 Å². The van der Waals surface area contributed by atoms with Crippen LogP contribution >= 0.6 is 15.9 Å². The fourth-order valence-corrected chi connectivity index (χ4v) is 4.69. The number of nitrogens with one attached hydrogen (secondary N) is 1. The topological polar surface area (TPSA) is 67.9 Å². The molecule has 0 aliphatic carbocycles. The Balaban J connectivity index is 1.93. The van der Waals surface area contributed by atoms with Crippen molar-refractivity contribution in [2.24, 2.45) is 0 Å². The molecule has 0 aromatic heterocycles. The third-order valence-electron chi connectivity index (χ3n) is 6.73. The predicted molar refractivity (Wildman–Crippen MR) is 159 cm³/mol. The Morgan fingerprint density at radius 1 is 0.949 bits per heavy atom. The van der Waals surface area contributed by atoms with E-state index >= 15 is 0 Å². The molecule has 0 bridgehead atoms.